The van der Waals surface area contributed by atoms with Gasteiger partial charge in [-0.3, -0.25) is 14.4 Å². The van der Waals surface area contributed by atoms with Gasteiger partial charge in [0.1, 0.15) is 6.04 Å². The van der Waals surface area contributed by atoms with Crippen LogP contribution in [0, 0.1) is 0 Å². The highest BCUT2D eigenvalue weighted by atomic mass is 16.2. The normalized spacial score (nSPS) is 11.9. The summed E-state index contributed by atoms with van der Waals surface area (Å²) in [6.45, 7) is 3.04. The van der Waals surface area contributed by atoms with Crippen LogP contribution < -0.4 is 16.2 Å². The lowest BCUT2D eigenvalue weighted by Gasteiger charge is -2.16. The molecule has 0 radical (unpaired) electrons. The summed E-state index contributed by atoms with van der Waals surface area (Å²) < 4.78 is 1.27. The summed E-state index contributed by atoms with van der Waals surface area (Å²) >= 11 is 0. The molecule has 2 aromatic rings. The van der Waals surface area contributed by atoms with E-state index < -0.39 is 6.04 Å². The number of pyridine rings is 1. The fourth-order valence-electron chi connectivity index (χ4n) is 2.53. The molecule has 0 fully saturated rings. The van der Waals surface area contributed by atoms with Crippen molar-refractivity contribution in [1.29, 1.82) is 0 Å². The molecule has 2 rings (SSSR count). The van der Waals surface area contributed by atoms with E-state index >= 15 is 0 Å². The monoisotopic (exact) mass is 370 g/mol. The number of nitrogens with one attached hydrogen (secondary N) is 2. The molecule has 0 bridgehead atoms. The van der Waals surface area contributed by atoms with Crippen LogP contribution in [0.3, 0.4) is 0 Å². The summed E-state index contributed by atoms with van der Waals surface area (Å²) in [4.78, 5) is 39.0. The lowest BCUT2D eigenvalue weighted by molar-refractivity contribution is -0.118. The molecule has 0 aliphatic heterocycles. The van der Waals surface area contributed by atoms with E-state index in [0.29, 0.717) is 17.8 Å². The van der Waals surface area contributed by atoms with Crippen molar-refractivity contribution in [2.24, 2.45) is 0 Å². The van der Waals surface area contributed by atoms with Gasteiger partial charge in [-0.05, 0) is 52.2 Å². The Morgan fingerprint density at radius 2 is 1.81 bits per heavy atom. The van der Waals surface area contributed by atoms with E-state index in [1.165, 1.54) is 22.9 Å². The van der Waals surface area contributed by atoms with Gasteiger partial charge >= 0.3 is 0 Å². The second-order valence-electron chi connectivity index (χ2n) is 6.61. The molecule has 0 aliphatic rings. The van der Waals surface area contributed by atoms with Gasteiger partial charge in [-0.1, -0.05) is 18.2 Å². The maximum Gasteiger partial charge on any atom is 0.252 e. The minimum atomic E-state index is -0.751. The van der Waals surface area contributed by atoms with Gasteiger partial charge < -0.3 is 20.1 Å². The summed E-state index contributed by atoms with van der Waals surface area (Å²) in [5.41, 5.74) is 0.658. The van der Waals surface area contributed by atoms with Gasteiger partial charge in [0.15, 0.2) is 0 Å². The number of aromatic nitrogens is 1. The van der Waals surface area contributed by atoms with Gasteiger partial charge in [-0.2, -0.15) is 0 Å². The van der Waals surface area contributed by atoms with E-state index in [1.54, 1.807) is 19.1 Å². The summed E-state index contributed by atoms with van der Waals surface area (Å²) in [5, 5.41) is 5.59. The Kier molecular flexibility index (Phi) is 7.31. The van der Waals surface area contributed by atoms with Crippen LogP contribution in [0.5, 0.6) is 0 Å². The fraction of sp³-hybridized carbons (Fsp3) is 0.350. The molecule has 1 aromatic heterocycles. The number of hydrogen-bond acceptors (Lipinski definition) is 4. The molecular formula is C20H26N4O3. The molecule has 0 spiro atoms. The minimum Gasteiger partial charge on any atom is -0.352 e. The minimum absolute atomic E-state index is 0.266. The highest BCUT2D eigenvalue weighted by Crippen LogP contribution is 2.11. The molecule has 1 aromatic carbocycles. The lowest BCUT2D eigenvalue weighted by atomic mass is 10.2. The Morgan fingerprint density at radius 1 is 1.11 bits per heavy atom. The Balaban J connectivity index is 2.06. The summed E-state index contributed by atoms with van der Waals surface area (Å²) in [5.74, 6) is -0.593. The Hall–Kier alpha value is -2.93. The van der Waals surface area contributed by atoms with Crippen molar-refractivity contribution in [2.75, 3.05) is 32.5 Å². The van der Waals surface area contributed by atoms with Gasteiger partial charge in [0.2, 0.25) is 5.91 Å². The van der Waals surface area contributed by atoms with E-state index in [1.807, 2.05) is 37.2 Å². The lowest BCUT2D eigenvalue weighted by Crippen LogP contribution is -2.33. The number of rotatable bonds is 8. The quantitative estimate of drug-likeness (QED) is 0.693. The van der Waals surface area contributed by atoms with Gasteiger partial charge in [-0.15, -0.1) is 0 Å². The molecule has 0 aliphatic carbocycles. The number of amides is 2. The molecule has 144 valence electrons. The average Bonchev–Trinajstić information content (AvgIpc) is 2.65. The van der Waals surface area contributed by atoms with Crippen LogP contribution in [0.1, 0.15) is 29.7 Å². The highest BCUT2D eigenvalue weighted by Gasteiger charge is 2.18. The van der Waals surface area contributed by atoms with Crippen molar-refractivity contribution in [2.45, 2.75) is 19.4 Å². The molecule has 7 heteroatoms. The van der Waals surface area contributed by atoms with Crippen LogP contribution in [-0.4, -0.2) is 48.5 Å². The molecule has 2 amide bonds. The van der Waals surface area contributed by atoms with E-state index in [-0.39, 0.29) is 17.4 Å². The number of benzene rings is 1. The first kappa shape index (κ1) is 20.4. The van der Waals surface area contributed by atoms with Crippen molar-refractivity contribution in [3.8, 4) is 0 Å². The number of nitrogens with zero attached hydrogens (tertiary/aromatic N) is 2. The van der Waals surface area contributed by atoms with Gasteiger partial charge in [0.25, 0.3) is 11.5 Å². The van der Waals surface area contributed by atoms with Crippen LogP contribution in [0.25, 0.3) is 0 Å². The Labute approximate surface area is 159 Å². The number of carbonyl (C=O) groups excluding carboxylic acids is 2. The van der Waals surface area contributed by atoms with Crippen LogP contribution in [0.15, 0.2) is 53.5 Å². The summed E-state index contributed by atoms with van der Waals surface area (Å²) in [6, 6.07) is 11.0. The number of carbonyl (C=O) groups is 2. The molecule has 0 saturated carbocycles. The third-order valence-corrected chi connectivity index (χ3v) is 4.11. The van der Waals surface area contributed by atoms with E-state index in [0.717, 1.165) is 13.0 Å². The molecule has 1 atom stereocenters. The SMILES string of the molecule is CC(C(=O)Nc1ccccc1)n1cc(C(=O)NCCCN(C)C)ccc1=O. The predicted octanol–water partition coefficient (Wildman–Crippen LogP) is 1.73. The van der Waals surface area contributed by atoms with Crippen molar-refractivity contribution < 1.29 is 9.59 Å². The van der Waals surface area contributed by atoms with Gasteiger partial charge in [0.05, 0.1) is 5.56 Å². The second kappa shape index (κ2) is 9.68. The zero-order valence-corrected chi connectivity index (χ0v) is 15.9. The largest absolute Gasteiger partial charge is 0.352 e. The first-order valence-corrected chi connectivity index (χ1v) is 8.89. The first-order valence-electron chi connectivity index (χ1n) is 8.89. The van der Waals surface area contributed by atoms with Crippen molar-refractivity contribution in [1.82, 2.24) is 14.8 Å². The van der Waals surface area contributed by atoms with Crippen molar-refractivity contribution in [3.63, 3.8) is 0 Å². The topological polar surface area (TPSA) is 83.4 Å². The first-order chi connectivity index (χ1) is 12.9. The molecule has 27 heavy (non-hydrogen) atoms. The Bertz CT molecular complexity index is 831. The predicted molar refractivity (Wildman–Crippen MR) is 106 cm³/mol. The maximum atomic E-state index is 12.4. The summed E-state index contributed by atoms with van der Waals surface area (Å²) in [7, 11) is 3.94. The van der Waals surface area contributed by atoms with Crippen molar-refractivity contribution >= 4 is 17.5 Å². The van der Waals surface area contributed by atoms with Crippen molar-refractivity contribution in [3.05, 3.63) is 64.6 Å². The average molecular weight is 370 g/mol. The van der Waals surface area contributed by atoms with Crippen LogP contribution in [-0.2, 0) is 4.79 Å². The molecule has 1 unspecified atom stereocenters. The smallest absolute Gasteiger partial charge is 0.252 e. The zero-order valence-electron chi connectivity index (χ0n) is 15.9. The summed E-state index contributed by atoms with van der Waals surface area (Å²) in [6.07, 6.45) is 2.26. The van der Waals surface area contributed by atoms with Crippen LogP contribution in [0.4, 0.5) is 5.69 Å². The van der Waals surface area contributed by atoms with Gasteiger partial charge in [-0.25, -0.2) is 0 Å². The van der Waals surface area contributed by atoms with E-state index in [2.05, 4.69) is 10.6 Å². The molecule has 1 heterocycles. The number of hydrogen-bond donors (Lipinski definition) is 2. The van der Waals surface area contributed by atoms with E-state index in [9.17, 15) is 14.4 Å². The van der Waals surface area contributed by atoms with E-state index in [4.69, 9.17) is 0 Å². The standard InChI is InChI=1S/C20H26N4O3/c1-15(19(26)22-17-8-5-4-6-9-17)24-14-16(10-11-18(24)25)20(27)21-12-7-13-23(2)3/h4-6,8-11,14-15H,7,12-13H2,1-3H3,(H,21,27)(H,22,26). The maximum absolute atomic E-state index is 12.4. The van der Waals surface area contributed by atoms with Crippen LogP contribution >= 0.6 is 0 Å². The molecule has 0 saturated heterocycles. The third-order valence-electron chi connectivity index (χ3n) is 4.11. The third kappa shape index (κ3) is 6.07. The highest BCUT2D eigenvalue weighted by molar-refractivity contribution is 5.95. The Morgan fingerprint density at radius 3 is 2.48 bits per heavy atom. The molecular weight excluding hydrogens is 344 g/mol. The zero-order chi connectivity index (χ0) is 19.8. The second-order valence-corrected chi connectivity index (χ2v) is 6.61. The fourth-order valence-corrected chi connectivity index (χ4v) is 2.53. The van der Waals surface area contributed by atoms with Gasteiger partial charge in [0, 0.05) is 24.5 Å². The van der Waals surface area contributed by atoms with Crippen LogP contribution in [0.2, 0.25) is 0 Å². The number of anilines is 1. The molecule has 2 N–H and O–H groups in total. The molecule has 7 nitrogen and oxygen atoms in total. The number of para-hydroxylation sites is 1.